The zero-order valence-corrected chi connectivity index (χ0v) is 7.62. The Morgan fingerprint density at radius 2 is 2.14 bits per heavy atom. The Kier molecular flexibility index (Phi) is 1.77. The van der Waals surface area contributed by atoms with Crippen molar-refractivity contribution in [2.24, 2.45) is 7.05 Å². The smallest absolute Gasteiger partial charge is 0.252 e. The van der Waals surface area contributed by atoms with Crippen LogP contribution in [0.15, 0.2) is 29.1 Å². The number of aryl methyl sites for hydroxylation is 1. The number of aromatic nitrogens is 1. The number of anilines is 1. The van der Waals surface area contributed by atoms with Gasteiger partial charge in [-0.15, -0.1) is 0 Å². The van der Waals surface area contributed by atoms with Crippen LogP contribution in [0.4, 0.5) is 10.1 Å². The van der Waals surface area contributed by atoms with Crippen molar-refractivity contribution in [3.63, 3.8) is 0 Å². The number of fused-ring (bicyclic) bond motifs is 1. The second-order valence-electron chi connectivity index (χ2n) is 3.13. The molecule has 0 aliphatic heterocycles. The van der Waals surface area contributed by atoms with Crippen molar-refractivity contribution in [3.05, 3.63) is 40.4 Å². The lowest BCUT2D eigenvalue weighted by molar-refractivity contribution is 0.629. The van der Waals surface area contributed by atoms with Gasteiger partial charge < -0.3 is 10.3 Å². The van der Waals surface area contributed by atoms with E-state index >= 15 is 0 Å². The molecule has 2 N–H and O–H groups in total. The topological polar surface area (TPSA) is 48.0 Å². The molecule has 1 aromatic carbocycles. The van der Waals surface area contributed by atoms with Gasteiger partial charge in [0.15, 0.2) is 0 Å². The Labute approximate surface area is 79.6 Å². The first-order valence-electron chi connectivity index (χ1n) is 4.15. The fraction of sp³-hybridized carbons (Fsp3) is 0.100. The van der Waals surface area contributed by atoms with Gasteiger partial charge in [0, 0.05) is 24.2 Å². The molecule has 0 aliphatic rings. The van der Waals surface area contributed by atoms with E-state index in [2.05, 4.69) is 0 Å². The van der Waals surface area contributed by atoms with Crippen molar-refractivity contribution < 1.29 is 4.39 Å². The van der Waals surface area contributed by atoms with Gasteiger partial charge in [-0.2, -0.15) is 0 Å². The summed E-state index contributed by atoms with van der Waals surface area (Å²) in [6.45, 7) is 0. The average Bonchev–Trinajstić information content (AvgIpc) is 2.14. The second kappa shape index (κ2) is 2.83. The van der Waals surface area contributed by atoms with Crippen LogP contribution in [0.5, 0.6) is 0 Å². The van der Waals surface area contributed by atoms with E-state index in [0.29, 0.717) is 11.1 Å². The molecule has 0 saturated heterocycles. The van der Waals surface area contributed by atoms with E-state index in [-0.39, 0.29) is 11.1 Å². The van der Waals surface area contributed by atoms with Crippen LogP contribution >= 0.6 is 0 Å². The zero-order valence-electron chi connectivity index (χ0n) is 7.62. The van der Waals surface area contributed by atoms with Crippen LogP contribution in [0.3, 0.4) is 0 Å². The van der Waals surface area contributed by atoms with Gasteiger partial charge in [-0.1, -0.05) is 12.1 Å². The molecule has 1 aromatic heterocycles. The number of pyridine rings is 1. The summed E-state index contributed by atoms with van der Waals surface area (Å²) >= 11 is 0. The summed E-state index contributed by atoms with van der Waals surface area (Å²) < 4.78 is 14.6. The predicted molar refractivity (Wildman–Crippen MR) is 53.6 cm³/mol. The van der Waals surface area contributed by atoms with Crippen LogP contribution in [0.2, 0.25) is 0 Å². The van der Waals surface area contributed by atoms with E-state index in [4.69, 9.17) is 5.73 Å². The summed E-state index contributed by atoms with van der Waals surface area (Å²) in [5, 5.41) is 0.562. The maximum absolute atomic E-state index is 13.4. The molecule has 0 fully saturated rings. The summed E-state index contributed by atoms with van der Waals surface area (Å²) in [7, 11) is 1.52. The highest BCUT2D eigenvalue weighted by Gasteiger charge is 2.07. The van der Waals surface area contributed by atoms with Gasteiger partial charge in [-0.05, 0) is 6.07 Å². The standard InChI is InChI=1S/C10H9FN2O/c1-13-9(14)5-8(12)6-3-2-4-7(11)10(6)13/h2-5H,12H2,1H3. The van der Waals surface area contributed by atoms with E-state index < -0.39 is 5.82 Å². The van der Waals surface area contributed by atoms with Crippen LogP contribution in [0, 0.1) is 5.82 Å². The molecular formula is C10H9FN2O. The number of nitrogens with two attached hydrogens (primary N) is 1. The lowest BCUT2D eigenvalue weighted by Crippen LogP contribution is -2.17. The monoisotopic (exact) mass is 192 g/mol. The minimum absolute atomic E-state index is 0.248. The highest BCUT2D eigenvalue weighted by atomic mass is 19.1. The number of hydrogen-bond acceptors (Lipinski definition) is 2. The van der Waals surface area contributed by atoms with Gasteiger partial charge in [0.1, 0.15) is 5.82 Å². The molecule has 0 aliphatic carbocycles. The second-order valence-corrected chi connectivity index (χ2v) is 3.13. The Morgan fingerprint density at radius 1 is 1.43 bits per heavy atom. The maximum atomic E-state index is 13.4. The molecule has 4 heteroatoms. The number of benzene rings is 1. The van der Waals surface area contributed by atoms with Crippen LogP contribution in [-0.4, -0.2) is 4.57 Å². The van der Waals surface area contributed by atoms with Crippen molar-refractivity contribution in [1.82, 2.24) is 4.57 Å². The third-order valence-electron chi connectivity index (χ3n) is 2.24. The van der Waals surface area contributed by atoms with Crippen LogP contribution < -0.4 is 11.3 Å². The molecule has 0 radical (unpaired) electrons. The molecule has 72 valence electrons. The first-order valence-corrected chi connectivity index (χ1v) is 4.15. The van der Waals surface area contributed by atoms with Gasteiger partial charge in [0.25, 0.3) is 5.56 Å². The van der Waals surface area contributed by atoms with Gasteiger partial charge in [-0.25, -0.2) is 4.39 Å². The molecule has 0 spiro atoms. The van der Waals surface area contributed by atoms with Crippen molar-refractivity contribution in [3.8, 4) is 0 Å². The first kappa shape index (κ1) is 8.74. The predicted octanol–water partition coefficient (Wildman–Crippen LogP) is 1.26. The van der Waals surface area contributed by atoms with Crippen molar-refractivity contribution >= 4 is 16.6 Å². The van der Waals surface area contributed by atoms with Crippen molar-refractivity contribution in [2.75, 3.05) is 5.73 Å². The van der Waals surface area contributed by atoms with Crippen molar-refractivity contribution in [2.45, 2.75) is 0 Å². The highest BCUT2D eigenvalue weighted by Crippen LogP contribution is 2.20. The van der Waals surface area contributed by atoms with E-state index in [9.17, 15) is 9.18 Å². The molecule has 0 atom stereocenters. The number of halogens is 1. The van der Waals surface area contributed by atoms with E-state index in [1.165, 1.54) is 23.7 Å². The molecule has 0 saturated carbocycles. The molecule has 0 amide bonds. The van der Waals surface area contributed by atoms with Gasteiger partial charge in [-0.3, -0.25) is 4.79 Å². The summed E-state index contributed by atoms with van der Waals surface area (Å²) in [6, 6.07) is 5.86. The lowest BCUT2D eigenvalue weighted by atomic mass is 10.2. The lowest BCUT2D eigenvalue weighted by Gasteiger charge is -2.07. The molecule has 2 aromatic rings. The fourth-order valence-electron chi connectivity index (χ4n) is 1.51. The summed E-state index contributed by atoms with van der Waals surface area (Å²) in [4.78, 5) is 11.3. The zero-order chi connectivity index (χ0) is 10.3. The van der Waals surface area contributed by atoms with Crippen molar-refractivity contribution in [1.29, 1.82) is 0 Å². The molecular weight excluding hydrogens is 183 g/mol. The highest BCUT2D eigenvalue weighted by molar-refractivity contribution is 5.90. The third kappa shape index (κ3) is 1.08. The third-order valence-corrected chi connectivity index (χ3v) is 2.24. The molecule has 0 bridgehead atoms. The van der Waals surface area contributed by atoms with Crippen LogP contribution in [-0.2, 0) is 7.05 Å². The first-order chi connectivity index (χ1) is 6.61. The van der Waals surface area contributed by atoms with E-state index in [1.807, 2.05) is 0 Å². The van der Waals surface area contributed by atoms with Gasteiger partial charge in [0.05, 0.1) is 5.52 Å². The van der Waals surface area contributed by atoms with Gasteiger partial charge >= 0.3 is 0 Å². The number of nitrogen functional groups attached to an aromatic ring is 1. The number of hydrogen-bond donors (Lipinski definition) is 1. The SMILES string of the molecule is Cn1c(=O)cc(N)c2cccc(F)c21. The van der Waals surface area contributed by atoms with E-state index in [1.54, 1.807) is 12.1 Å². The summed E-state index contributed by atoms with van der Waals surface area (Å²) in [6.07, 6.45) is 0. The van der Waals surface area contributed by atoms with Crippen LogP contribution in [0.25, 0.3) is 10.9 Å². The molecule has 3 nitrogen and oxygen atoms in total. The molecule has 14 heavy (non-hydrogen) atoms. The van der Waals surface area contributed by atoms with E-state index in [0.717, 1.165) is 0 Å². The number of para-hydroxylation sites is 1. The normalized spacial score (nSPS) is 10.7. The average molecular weight is 192 g/mol. The molecule has 0 unspecified atom stereocenters. The largest absolute Gasteiger partial charge is 0.398 e. The Morgan fingerprint density at radius 3 is 2.86 bits per heavy atom. The summed E-state index contributed by atoms with van der Waals surface area (Å²) in [5.41, 5.74) is 5.86. The Balaban J connectivity index is 3.11. The van der Waals surface area contributed by atoms with Crippen LogP contribution in [0.1, 0.15) is 0 Å². The Hall–Kier alpha value is -1.84. The Bertz CT molecular complexity index is 560. The molecule has 2 rings (SSSR count). The number of nitrogens with zero attached hydrogens (tertiary/aromatic N) is 1. The maximum Gasteiger partial charge on any atom is 0.252 e. The van der Waals surface area contributed by atoms with Gasteiger partial charge in [0.2, 0.25) is 0 Å². The minimum atomic E-state index is -0.436. The minimum Gasteiger partial charge on any atom is -0.398 e. The molecule has 1 heterocycles. The summed E-state index contributed by atoms with van der Waals surface area (Å²) in [5.74, 6) is -0.436. The fourth-order valence-corrected chi connectivity index (χ4v) is 1.51. The number of rotatable bonds is 0. The quantitative estimate of drug-likeness (QED) is 0.683.